The first kappa shape index (κ1) is 11.8. The second kappa shape index (κ2) is 4.43. The zero-order valence-electron chi connectivity index (χ0n) is 10.4. The number of halogens is 1. The number of fused-ring (bicyclic) bond motifs is 1. The van der Waals surface area contributed by atoms with Crippen LogP contribution < -0.4 is 15.2 Å². The Morgan fingerprint density at radius 3 is 2.67 bits per heavy atom. The number of ether oxygens (including phenoxy) is 2. The van der Waals surface area contributed by atoms with Gasteiger partial charge in [-0.1, -0.05) is 12.8 Å². The summed E-state index contributed by atoms with van der Waals surface area (Å²) in [4.78, 5) is 0. The molecule has 1 aliphatic heterocycles. The third kappa shape index (κ3) is 1.67. The Morgan fingerprint density at radius 1 is 1.22 bits per heavy atom. The summed E-state index contributed by atoms with van der Waals surface area (Å²) in [6.45, 7) is 0.321. The summed E-state index contributed by atoms with van der Waals surface area (Å²) in [5, 5.41) is 0. The monoisotopic (exact) mass is 251 g/mol. The highest BCUT2D eigenvalue weighted by Crippen LogP contribution is 2.49. The summed E-state index contributed by atoms with van der Waals surface area (Å²) in [5.41, 5.74) is 7.64. The van der Waals surface area contributed by atoms with E-state index in [-0.39, 0.29) is 12.2 Å². The highest BCUT2D eigenvalue weighted by molar-refractivity contribution is 5.54. The minimum absolute atomic E-state index is 0.0526. The van der Waals surface area contributed by atoms with Gasteiger partial charge in [-0.25, -0.2) is 4.39 Å². The highest BCUT2D eigenvalue weighted by Gasteiger charge is 2.39. The van der Waals surface area contributed by atoms with Gasteiger partial charge in [0.25, 0.3) is 0 Å². The summed E-state index contributed by atoms with van der Waals surface area (Å²) in [7, 11) is 0. The van der Waals surface area contributed by atoms with Gasteiger partial charge in [-0.2, -0.15) is 0 Å². The van der Waals surface area contributed by atoms with E-state index >= 15 is 0 Å². The van der Waals surface area contributed by atoms with Crippen LogP contribution in [0.15, 0.2) is 12.1 Å². The van der Waals surface area contributed by atoms with E-state index in [0.29, 0.717) is 17.9 Å². The molecule has 0 bridgehead atoms. The molecule has 98 valence electrons. The zero-order valence-corrected chi connectivity index (χ0v) is 10.4. The van der Waals surface area contributed by atoms with Crippen LogP contribution in [-0.4, -0.2) is 13.3 Å². The molecule has 1 heterocycles. The Balaban J connectivity index is 2.12. The third-order valence-electron chi connectivity index (χ3n) is 4.21. The van der Waals surface area contributed by atoms with Gasteiger partial charge >= 0.3 is 0 Å². The lowest BCUT2D eigenvalue weighted by Crippen LogP contribution is -2.32. The molecule has 1 aromatic rings. The standard InChI is InChI=1S/C14H18FNO2/c15-7-10-5-11(13-12(6-10)17-9-18-13)14(8-16)3-1-2-4-14/h5-6H,1-4,7-9,16H2. The summed E-state index contributed by atoms with van der Waals surface area (Å²) >= 11 is 0. The van der Waals surface area contributed by atoms with Crippen LogP contribution in [0.5, 0.6) is 11.5 Å². The first-order chi connectivity index (χ1) is 8.79. The van der Waals surface area contributed by atoms with Gasteiger partial charge < -0.3 is 15.2 Å². The second-order valence-corrected chi connectivity index (χ2v) is 5.20. The maximum atomic E-state index is 13.0. The predicted molar refractivity (Wildman–Crippen MR) is 66.6 cm³/mol. The van der Waals surface area contributed by atoms with Crippen molar-refractivity contribution in [1.29, 1.82) is 0 Å². The van der Waals surface area contributed by atoms with Crippen molar-refractivity contribution in [2.45, 2.75) is 37.8 Å². The molecule has 0 unspecified atom stereocenters. The molecule has 4 heteroatoms. The van der Waals surface area contributed by atoms with Crippen LogP contribution >= 0.6 is 0 Å². The molecule has 2 aliphatic rings. The van der Waals surface area contributed by atoms with E-state index < -0.39 is 6.67 Å². The fourth-order valence-electron chi connectivity index (χ4n) is 3.17. The Labute approximate surface area is 106 Å². The molecule has 0 radical (unpaired) electrons. The number of nitrogens with two attached hydrogens (primary N) is 1. The van der Waals surface area contributed by atoms with E-state index in [2.05, 4.69) is 0 Å². The maximum Gasteiger partial charge on any atom is 0.231 e. The zero-order chi connectivity index (χ0) is 12.6. The topological polar surface area (TPSA) is 44.5 Å². The average Bonchev–Trinajstić information content (AvgIpc) is 3.06. The van der Waals surface area contributed by atoms with Crippen molar-refractivity contribution in [1.82, 2.24) is 0 Å². The van der Waals surface area contributed by atoms with Crippen molar-refractivity contribution in [3.8, 4) is 11.5 Å². The lowest BCUT2D eigenvalue weighted by molar-refractivity contribution is 0.172. The van der Waals surface area contributed by atoms with Gasteiger partial charge in [-0.15, -0.1) is 0 Å². The normalized spacial score (nSPS) is 20.3. The first-order valence-electron chi connectivity index (χ1n) is 6.48. The van der Waals surface area contributed by atoms with Crippen molar-refractivity contribution in [2.24, 2.45) is 5.73 Å². The summed E-state index contributed by atoms with van der Waals surface area (Å²) < 4.78 is 23.9. The molecule has 3 rings (SSSR count). The van der Waals surface area contributed by atoms with Gasteiger partial charge in [0, 0.05) is 17.5 Å². The third-order valence-corrected chi connectivity index (χ3v) is 4.21. The van der Waals surface area contributed by atoms with E-state index in [1.54, 1.807) is 6.07 Å². The summed E-state index contributed by atoms with van der Waals surface area (Å²) in [6.07, 6.45) is 4.45. The summed E-state index contributed by atoms with van der Waals surface area (Å²) in [6, 6.07) is 3.64. The van der Waals surface area contributed by atoms with E-state index in [1.165, 1.54) is 12.8 Å². The molecular formula is C14H18FNO2. The molecule has 1 aromatic carbocycles. The molecule has 3 nitrogen and oxygen atoms in total. The summed E-state index contributed by atoms with van der Waals surface area (Å²) in [5.74, 6) is 1.44. The molecule has 0 aromatic heterocycles. The Bertz CT molecular complexity index is 455. The largest absolute Gasteiger partial charge is 0.454 e. The first-order valence-corrected chi connectivity index (χ1v) is 6.48. The number of hydrogen-bond acceptors (Lipinski definition) is 3. The SMILES string of the molecule is NCC1(c2cc(CF)cc3c2OCO3)CCCC1. The van der Waals surface area contributed by atoms with Crippen LogP contribution in [0.4, 0.5) is 4.39 Å². The molecule has 0 atom stereocenters. The highest BCUT2D eigenvalue weighted by atomic mass is 19.1. The van der Waals surface area contributed by atoms with Crippen LogP contribution in [0, 0.1) is 0 Å². The Hall–Kier alpha value is -1.29. The van der Waals surface area contributed by atoms with E-state index in [1.807, 2.05) is 6.07 Å². The Kier molecular flexibility index (Phi) is 2.90. The number of alkyl halides is 1. The number of rotatable bonds is 3. The fraction of sp³-hybridized carbons (Fsp3) is 0.571. The van der Waals surface area contributed by atoms with Gasteiger partial charge in [0.15, 0.2) is 11.5 Å². The number of benzene rings is 1. The molecule has 1 saturated carbocycles. The molecule has 2 N–H and O–H groups in total. The van der Waals surface area contributed by atoms with Crippen molar-refractivity contribution in [3.63, 3.8) is 0 Å². The van der Waals surface area contributed by atoms with Crippen LogP contribution in [0.25, 0.3) is 0 Å². The van der Waals surface area contributed by atoms with Crippen molar-refractivity contribution >= 4 is 0 Å². The number of hydrogen-bond donors (Lipinski definition) is 1. The van der Waals surface area contributed by atoms with Gasteiger partial charge in [0.05, 0.1) is 0 Å². The van der Waals surface area contributed by atoms with Crippen molar-refractivity contribution in [3.05, 3.63) is 23.3 Å². The van der Waals surface area contributed by atoms with Gasteiger partial charge in [-0.3, -0.25) is 0 Å². The lowest BCUT2D eigenvalue weighted by atomic mass is 9.78. The fourth-order valence-corrected chi connectivity index (χ4v) is 3.17. The minimum Gasteiger partial charge on any atom is -0.454 e. The Morgan fingerprint density at radius 2 is 2.00 bits per heavy atom. The molecule has 0 spiro atoms. The van der Waals surface area contributed by atoms with E-state index in [0.717, 1.165) is 24.2 Å². The van der Waals surface area contributed by atoms with Gasteiger partial charge in [0.1, 0.15) is 6.67 Å². The quantitative estimate of drug-likeness (QED) is 0.898. The molecular weight excluding hydrogens is 233 g/mol. The van der Waals surface area contributed by atoms with Crippen LogP contribution in [0.2, 0.25) is 0 Å². The van der Waals surface area contributed by atoms with E-state index in [9.17, 15) is 4.39 Å². The average molecular weight is 251 g/mol. The van der Waals surface area contributed by atoms with E-state index in [4.69, 9.17) is 15.2 Å². The molecule has 0 saturated heterocycles. The molecule has 0 amide bonds. The van der Waals surface area contributed by atoms with Crippen LogP contribution in [0.3, 0.4) is 0 Å². The second-order valence-electron chi connectivity index (χ2n) is 5.20. The maximum absolute atomic E-state index is 13.0. The van der Waals surface area contributed by atoms with Gasteiger partial charge in [0.2, 0.25) is 6.79 Å². The molecule has 1 aliphatic carbocycles. The lowest BCUT2D eigenvalue weighted by Gasteiger charge is -2.29. The van der Waals surface area contributed by atoms with Crippen LogP contribution in [-0.2, 0) is 12.1 Å². The van der Waals surface area contributed by atoms with Crippen LogP contribution in [0.1, 0.15) is 36.8 Å². The minimum atomic E-state index is -0.482. The van der Waals surface area contributed by atoms with Crippen molar-refractivity contribution < 1.29 is 13.9 Å². The van der Waals surface area contributed by atoms with Gasteiger partial charge in [-0.05, 0) is 30.5 Å². The molecule has 1 fully saturated rings. The smallest absolute Gasteiger partial charge is 0.231 e. The predicted octanol–water partition coefficient (Wildman–Crippen LogP) is 2.66. The molecule has 18 heavy (non-hydrogen) atoms. The van der Waals surface area contributed by atoms with Crippen molar-refractivity contribution in [2.75, 3.05) is 13.3 Å².